The molecule has 1 saturated carbocycles. The molecule has 4 aromatic rings. The highest BCUT2D eigenvalue weighted by atomic mass is 35.5. The van der Waals surface area contributed by atoms with Gasteiger partial charge in [0.2, 0.25) is 5.91 Å². The summed E-state index contributed by atoms with van der Waals surface area (Å²) in [5.74, 6) is -2.64. The minimum Gasteiger partial charge on any atom is -0.331 e. The molecular formula is C21H14ClF3N8O2. The summed E-state index contributed by atoms with van der Waals surface area (Å²) in [5, 5.41) is 20.1. The molecule has 14 heteroatoms. The molecule has 3 N–H and O–H groups in total. The van der Waals surface area contributed by atoms with Gasteiger partial charge < -0.3 is 15.0 Å². The third-order valence-electron chi connectivity index (χ3n) is 5.53. The summed E-state index contributed by atoms with van der Waals surface area (Å²) in [6, 6.07) is -0.163. The third-order valence-corrected chi connectivity index (χ3v) is 5.88. The number of carbonyl (C=O) groups excluding carboxylic acids is 2. The van der Waals surface area contributed by atoms with Gasteiger partial charge >= 0.3 is 6.43 Å². The van der Waals surface area contributed by atoms with Gasteiger partial charge in [-0.2, -0.15) is 19.1 Å². The third kappa shape index (κ3) is 4.01. The highest BCUT2D eigenvalue weighted by Crippen LogP contribution is 2.40. The monoisotopic (exact) mass is 502 g/mol. The number of hydrogen-bond acceptors (Lipinski definition) is 6. The number of nitrogens with zero attached hydrogens (tertiary/aromatic N) is 5. The van der Waals surface area contributed by atoms with Gasteiger partial charge in [0.1, 0.15) is 6.04 Å². The van der Waals surface area contributed by atoms with Crippen molar-refractivity contribution in [3.8, 4) is 17.3 Å². The molecule has 35 heavy (non-hydrogen) atoms. The van der Waals surface area contributed by atoms with Gasteiger partial charge in [0.05, 0.1) is 46.5 Å². The Bertz CT molecular complexity index is 1540. The summed E-state index contributed by atoms with van der Waals surface area (Å²) >= 11 is 6.33. The number of nitriles is 1. The zero-order valence-electron chi connectivity index (χ0n) is 17.5. The Kier molecular flexibility index (Phi) is 5.52. The summed E-state index contributed by atoms with van der Waals surface area (Å²) in [5.41, 5.74) is 0.287. The van der Waals surface area contributed by atoms with E-state index in [4.69, 9.17) is 11.6 Å². The van der Waals surface area contributed by atoms with Crippen LogP contribution < -0.4 is 10.6 Å². The molecule has 5 rings (SSSR count). The van der Waals surface area contributed by atoms with Crippen molar-refractivity contribution in [2.45, 2.75) is 25.3 Å². The molecule has 1 aliphatic carbocycles. The fourth-order valence-electron chi connectivity index (χ4n) is 3.70. The molecule has 3 aromatic heterocycles. The Balaban J connectivity index is 1.58. The maximum absolute atomic E-state index is 15.4. The van der Waals surface area contributed by atoms with E-state index in [1.54, 1.807) is 22.0 Å². The van der Waals surface area contributed by atoms with E-state index >= 15 is 4.39 Å². The molecule has 3 heterocycles. The number of rotatable bonds is 6. The van der Waals surface area contributed by atoms with E-state index in [1.807, 2.05) is 0 Å². The van der Waals surface area contributed by atoms with Crippen molar-refractivity contribution in [2.75, 3.05) is 5.32 Å². The van der Waals surface area contributed by atoms with Crippen LogP contribution in [0.5, 0.6) is 0 Å². The predicted molar refractivity (Wildman–Crippen MR) is 117 cm³/mol. The average molecular weight is 503 g/mol. The first kappa shape index (κ1) is 22.6. The molecule has 1 fully saturated rings. The largest absolute Gasteiger partial charge is 0.331 e. The molecule has 178 valence electrons. The molecule has 1 atom stereocenters. The topological polar surface area (TPSA) is 141 Å². The molecule has 10 nitrogen and oxygen atoms in total. The minimum atomic E-state index is -3.40. The number of imidazole rings is 1. The normalized spacial score (nSPS) is 14.3. The Morgan fingerprint density at radius 3 is 2.74 bits per heavy atom. The second kappa shape index (κ2) is 8.55. The molecular weight excluding hydrogens is 489 g/mol. The van der Waals surface area contributed by atoms with E-state index in [0.29, 0.717) is 11.5 Å². The number of anilines is 1. The van der Waals surface area contributed by atoms with Crippen LogP contribution in [0.15, 0.2) is 24.8 Å². The van der Waals surface area contributed by atoms with Gasteiger partial charge in [-0.15, -0.1) is 0 Å². The summed E-state index contributed by atoms with van der Waals surface area (Å²) < 4.78 is 42.4. The zero-order valence-corrected chi connectivity index (χ0v) is 18.3. The van der Waals surface area contributed by atoms with Crippen LogP contribution in [0.1, 0.15) is 24.4 Å². The van der Waals surface area contributed by atoms with Gasteiger partial charge in [0.15, 0.2) is 17.3 Å². The number of fused-ring (bicyclic) bond motifs is 2. The fraction of sp³-hybridized carbons (Fsp3) is 0.238. The number of H-pyrrole nitrogens is 1. The maximum atomic E-state index is 15.4. The van der Waals surface area contributed by atoms with Gasteiger partial charge in [-0.25, -0.2) is 9.37 Å². The van der Waals surface area contributed by atoms with E-state index in [0.717, 1.165) is 12.8 Å². The molecule has 2 amide bonds. The van der Waals surface area contributed by atoms with E-state index in [1.165, 1.54) is 18.6 Å². The van der Waals surface area contributed by atoms with Crippen LogP contribution in [0.3, 0.4) is 0 Å². The Morgan fingerprint density at radius 2 is 2.06 bits per heavy atom. The molecule has 0 spiro atoms. The first-order chi connectivity index (χ1) is 16.8. The molecule has 1 aromatic carbocycles. The smallest absolute Gasteiger partial charge is 0.315 e. The quantitative estimate of drug-likeness (QED) is 0.369. The van der Waals surface area contributed by atoms with Crippen molar-refractivity contribution in [3.05, 3.63) is 41.2 Å². The van der Waals surface area contributed by atoms with E-state index in [9.17, 15) is 23.6 Å². The first-order valence-electron chi connectivity index (χ1n) is 10.3. The van der Waals surface area contributed by atoms with Crippen molar-refractivity contribution in [1.82, 2.24) is 29.9 Å². The van der Waals surface area contributed by atoms with Gasteiger partial charge in [0, 0.05) is 23.1 Å². The van der Waals surface area contributed by atoms with Crippen LogP contribution in [0, 0.1) is 23.1 Å². The number of halogens is 4. The van der Waals surface area contributed by atoms with Crippen LogP contribution >= 0.6 is 11.6 Å². The van der Waals surface area contributed by atoms with Crippen LogP contribution in [-0.4, -0.2) is 42.8 Å². The summed E-state index contributed by atoms with van der Waals surface area (Å²) in [4.78, 5) is 32.0. The Morgan fingerprint density at radius 1 is 1.29 bits per heavy atom. The van der Waals surface area contributed by atoms with Gasteiger partial charge in [-0.3, -0.25) is 19.7 Å². The van der Waals surface area contributed by atoms with Crippen molar-refractivity contribution in [2.24, 2.45) is 5.92 Å². The average Bonchev–Trinajstić information content (AvgIpc) is 3.45. The van der Waals surface area contributed by atoms with E-state index in [2.05, 4.69) is 25.5 Å². The molecule has 0 saturated heterocycles. The SMILES string of the molecule is N#CC(NC(=O)C(F)F)c1c(F)c(Cl)c(-c2cn3cc(NC(=O)C4CC4)nc3cn2)c2cn[nH]c12. The zero-order chi connectivity index (χ0) is 24.9. The van der Waals surface area contributed by atoms with Crippen LogP contribution in [-0.2, 0) is 9.59 Å². The fourth-order valence-corrected chi connectivity index (χ4v) is 4.00. The maximum Gasteiger partial charge on any atom is 0.315 e. The second-order valence-corrected chi connectivity index (χ2v) is 8.25. The van der Waals surface area contributed by atoms with Crippen LogP contribution in [0.4, 0.5) is 19.0 Å². The van der Waals surface area contributed by atoms with Crippen molar-refractivity contribution < 1.29 is 22.8 Å². The number of benzene rings is 1. The number of carbonyl (C=O) groups is 2. The van der Waals surface area contributed by atoms with Crippen molar-refractivity contribution in [3.63, 3.8) is 0 Å². The van der Waals surface area contributed by atoms with Crippen LogP contribution in [0.25, 0.3) is 27.8 Å². The van der Waals surface area contributed by atoms with E-state index in [-0.39, 0.29) is 34.0 Å². The number of hydrogen-bond donors (Lipinski definition) is 3. The Hall–Kier alpha value is -4.18. The van der Waals surface area contributed by atoms with Gasteiger partial charge in [0.25, 0.3) is 5.91 Å². The lowest BCUT2D eigenvalue weighted by Crippen LogP contribution is -2.33. The number of amides is 2. The lowest BCUT2D eigenvalue weighted by Gasteiger charge is -2.16. The highest BCUT2D eigenvalue weighted by molar-refractivity contribution is 6.35. The number of aromatic amines is 1. The molecule has 0 radical (unpaired) electrons. The van der Waals surface area contributed by atoms with Crippen molar-refractivity contribution in [1.29, 1.82) is 5.26 Å². The second-order valence-electron chi connectivity index (χ2n) is 7.87. The Labute approximate surface area is 199 Å². The lowest BCUT2D eigenvalue weighted by molar-refractivity contribution is -0.132. The number of aromatic nitrogens is 5. The number of alkyl halides is 2. The minimum absolute atomic E-state index is 0.00844. The number of nitrogens with one attached hydrogen (secondary N) is 3. The predicted octanol–water partition coefficient (Wildman–Crippen LogP) is 3.36. The summed E-state index contributed by atoms with van der Waals surface area (Å²) in [6.07, 6.45) is 4.07. The van der Waals surface area contributed by atoms with Crippen LogP contribution in [0.2, 0.25) is 5.02 Å². The lowest BCUT2D eigenvalue weighted by atomic mass is 9.98. The van der Waals surface area contributed by atoms with E-state index < -0.39 is 34.8 Å². The molecule has 1 unspecified atom stereocenters. The molecule has 0 aliphatic heterocycles. The molecule has 1 aliphatic rings. The van der Waals surface area contributed by atoms with Gasteiger partial charge in [-0.05, 0) is 12.8 Å². The van der Waals surface area contributed by atoms with Gasteiger partial charge in [-0.1, -0.05) is 11.6 Å². The van der Waals surface area contributed by atoms with Crippen molar-refractivity contribution >= 4 is 45.8 Å². The molecule has 0 bridgehead atoms. The summed E-state index contributed by atoms with van der Waals surface area (Å²) in [7, 11) is 0. The highest BCUT2D eigenvalue weighted by Gasteiger charge is 2.31. The summed E-state index contributed by atoms with van der Waals surface area (Å²) in [6.45, 7) is 0. The standard InChI is InChI=1S/C21H14ClF3N8O2/c22-16-14(11-6-33-7-12(30-13(33)5-27-11)31-20(34)8-1-2-8)9-4-28-32-18(9)15(17(16)23)10(3-26)29-21(35)19(24)25/h4-8,10,19H,1-2H2,(H,28,32)(H,29,35)(H,31,34). The first-order valence-corrected chi connectivity index (χ1v) is 10.6.